The van der Waals surface area contributed by atoms with Crippen LogP contribution in [-0.2, 0) is 13.0 Å². The zero-order chi connectivity index (χ0) is 11.0. The Labute approximate surface area is 86.1 Å². The number of hydrogen-bond donors (Lipinski definition) is 2. The lowest BCUT2D eigenvalue weighted by molar-refractivity contribution is 0.139. The number of nitrogen functional groups attached to an aromatic ring is 1. The van der Waals surface area contributed by atoms with E-state index < -0.39 is 6.09 Å². The molecule has 0 bridgehead atoms. The Kier molecular flexibility index (Phi) is 2.22. The van der Waals surface area contributed by atoms with E-state index in [1.54, 1.807) is 0 Å². The summed E-state index contributed by atoms with van der Waals surface area (Å²) in [7, 11) is 0. The van der Waals surface area contributed by atoms with Crippen molar-refractivity contribution in [1.29, 1.82) is 0 Å². The number of nitrogens with zero attached hydrogens (tertiary/aromatic N) is 1. The Morgan fingerprint density at radius 1 is 1.47 bits per heavy atom. The molecule has 0 fully saturated rings. The van der Waals surface area contributed by atoms with E-state index in [1.165, 1.54) is 17.0 Å². The lowest BCUT2D eigenvalue weighted by Gasteiger charge is -2.27. The third-order valence-corrected chi connectivity index (χ3v) is 2.66. The van der Waals surface area contributed by atoms with Crippen LogP contribution in [0, 0.1) is 5.82 Å². The van der Waals surface area contributed by atoms with Gasteiger partial charge in [0.2, 0.25) is 0 Å². The van der Waals surface area contributed by atoms with Crippen molar-refractivity contribution in [3.8, 4) is 0 Å². The molecule has 4 nitrogen and oxygen atoms in total. The maximum atomic E-state index is 13.4. The van der Waals surface area contributed by atoms with E-state index in [-0.39, 0.29) is 12.4 Å². The van der Waals surface area contributed by atoms with Gasteiger partial charge in [-0.25, -0.2) is 9.18 Å². The number of carboxylic acid groups (broad SMARTS) is 1. The Balaban J connectivity index is 2.41. The molecule has 0 aromatic heterocycles. The first-order chi connectivity index (χ1) is 7.09. The fraction of sp³-hybridized carbons (Fsp3) is 0.300. The minimum absolute atomic E-state index is 0.0849. The highest BCUT2D eigenvalue weighted by atomic mass is 19.1. The quantitative estimate of drug-likeness (QED) is 0.637. The first kappa shape index (κ1) is 9.76. The summed E-state index contributed by atoms with van der Waals surface area (Å²) in [5, 5.41) is 8.80. The molecule has 1 amide bonds. The molecule has 80 valence electrons. The molecule has 0 unspecified atom stereocenters. The predicted molar refractivity (Wildman–Crippen MR) is 53.0 cm³/mol. The van der Waals surface area contributed by atoms with Crippen LogP contribution in [0.2, 0.25) is 0 Å². The average Bonchev–Trinajstić information content (AvgIpc) is 2.23. The molecule has 1 aliphatic rings. The molecule has 1 aromatic carbocycles. The van der Waals surface area contributed by atoms with Crippen molar-refractivity contribution in [3.63, 3.8) is 0 Å². The van der Waals surface area contributed by atoms with Crippen LogP contribution in [0.15, 0.2) is 12.1 Å². The van der Waals surface area contributed by atoms with Gasteiger partial charge in [-0.3, -0.25) is 0 Å². The van der Waals surface area contributed by atoms with Gasteiger partial charge in [0.05, 0.1) is 6.54 Å². The molecule has 0 aliphatic carbocycles. The summed E-state index contributed by atoms with van der Waals surface area (Å²) < 4.78 is 13.4. The van der Waals surface area contributed by atoms with E-state index in [0.29, 0.717) is 24.2 Å². The van der Waals surface area contributed by atoms with Gasteiger partial charge < -0.3 is 15.7 Å². The molecule has 1 heterocycles. The van der Waals surface area contributed by atoms with Gasteiger partial charge in [-0.2, -0.15) is 0 Å². The van der Waals surface area contributed by atoms with E-state index in [0.717, 1.165) is 5.56 Å². The Hall–Kier alpha value is -1.78. The number of benzene rings is 1. The Morgan fingerprint density at radius 3 is 2.87 bits per heavy atom. The lowest BCUT2D eigenvalue weighted by Crippen LogP contribution is -2.35. The number of anilines is 1. The van der Waals surface area contributed by atoms with Gasteiger partial charge in [-0.05, 0) is 24.1 Å². The summed E-state index contributed by atoms with van der Waals surface area (Å²) >= 11 is 0. The first-order valence-corrected chi connectivity index (χ1v) is 4.63. The highest BCUT2D eigenvalue weighted by Gasteiger charge is 2.23. The van der Waals surface area contributed by atoms with Crippen LogP contribution in [0.5, 0.6) is 0 Å². The van der Waals surface area contributed by atoms with Gasteiger partial charge in [-0.1, -0.05) is 0 Å². The Morgan fingerprint density at radius 2 is 2.20 bits per heavy atom. The summed E-state index contributed by atoms with van der Waals surface area (Å²) in [6, 6.07) is 2.80. The standard InChI is InChI=1S/C10H11FN2O2/c11-8-1-2-9(12)6-3-4-13(10(14)15)5-7(6)8/h1-2H,3-5,12H2,(H,14,15). The van der Waals surface area contributed by atoms with Gasteiger partial charge >= 0.3 is 6.09 Å². The first-order valence-electron chi connectivity index (χ1n) is 4.63. The highest BCUT2D eigenvalue weighted by molar-refractivity contribution is 5.66. The number of amides is 1. The molecule has 0 saturated carbocycles. The number of fused-ring (bicyclic) bond motifs is 1. The van der Waals surface area contributed by atoms with E-state index in [2.05, 4.69) is 0 Å². The van der Waals surface area contributed by atoms with Crippen LogP contribution < -0.4 is 5.73 Å². The molecule has 15 heavy (non-hydrogen) atoms. The summed E-state index contributed by atoms with van der Waals surface area (Å²) in [6.07, 6.45) is -0.548. The van der Waals surface area contributed by atoms with Crippen molar-refractivity contribution in [2.24, 2.45) is 0 Å². The third-order valence-electron chi connectivity index (χ3n) is 2.66. The van der Waals surface area contributed by atoms with Crippen molar-refractivity contribution in [2.45, 2.75) is 13.0 Å². The summed E-state index contributed by atoms with van der Waals surface area (Å²) in [5.41, 5.74) is 7.39. The lowest BCUT2D eigenvalue weighted by atomic mass is 9.98. The molecule has 2 rings (SSSR count). The molecule has 0 atom stereocenters. The van der Waals surface area contributed by atoms with E-state index >= 15 is 0 Å². The number of carbonyl (C=O) groups is 1. The molecule has 3 N–H and O–H groups in total. The minimum Gasteiger partial charge on any atom is -0.465 e. The largest absolute Gasteiger partial charge is 0.465 e. The fourth-order valence-electron chi connectivity index (χ4n) is 1.83. The van der Waals surface area contributed by atoms with Gasteiger partial charge in [0.25, 0.3) is 0 Å². The minimum atomic E-state index is -1.03. The molecule has 0 radical (unpaired) electrons. The number of halogens is 1. The zero-order valence-corrected chi connectivity index (χ0v) is 8.03. The number of rotatable bonds is 0. The van der Waals surface area contributed by atoms with Crippen LogP contribution in [0.25, 0.3) is 0 Å². The smallest absolute Gasteiger partial charge is 0.407 e. The van der Waals surface area contributed by atoms with Gasteiger partial charge in [0.15, 0.2) is 0 Å². The molecular weight excluding hydrogens is 199 g/mol. The van der Waals surface area contributed by atoms with E-state index in [1.807, 2.05) is 0 Å². The summed E-state index contributed by atoms with van der Waals surface area (Å²) in [6.45, 7) is 0.456. The number of hydrogen-bond acceptors (Lipinski definition) is 2. The molecule has 1 aromatic rings. The fourth-order valence-corrected chi connectivity index (χ4v) is 1.83. The summed E-state index contributed by atoms with van der Waals surface area (Å²) in [4.78, 5) is 11.9. The molecule has 1 aliphatic heterocycles. The van der Waals surface area contributed by atoms with Gasteiger partial charge in [0.1, 0.15) is 5.82 Å². The van der Waals surface area contributed by atoms with E-state index in [4.69, 9.17) is 10.8 Å². The second kappa shape index (κ2) is 3.42. The van der Waals surface area contributed by atoms with Crippen molar-refractivity contribution in [1.82, 2.24) is 4.90 Å². The highest BCUT2D eigenvalue weighted by Crippen LogP contribution is 2.26. The van der Waals surface area contributed by atoms with Crippen LogP contribution in [0.3, 0.4) is 0 Å². The maximum Gasteiger partial charge on any atom is 0.407 e. The normalized spacial score (nSPS) is 14.9. The molecule has 5 heteroatoms. The predicted octanol–water partition coefficient (Wildman–Crippen LogP) is 1.44. The van der Waals surface area contributed by atoms with E-state index in [9.17, 15) is 9.18 Å². The zero-order valence-electron chi connectivity index (χ0n) is 8.03. The topological polar surface area (TPSA) is 66.6 Å². The average molecular weight is 210 g/mol. The summed E-state index contributed by atoms with van der Waals surface area (Å²) in [5.74, 6) is -0.384. The van der Waals surface area contributed by atoms with Crippen molar-refractivity contribution in [2.75, 3.05) is 12.3 Å². The second-order valence-electron chi connectivity index (χ2n) is 3.55. The van der Waals surface area contributed by atoms with Crippen molar-refractivity contribution in [3.05, 3.63) is 29.1 Å². The van der Waals surface area contributed by atoms with Crippen LogP contribution in [0.4, 0.5) is 14.9 Å². The SMILES string of the molecule is Nc1ccc(F)c2c1CCN(C(=O)O)C2. The van der Waals surface area contributed by atoms with Crippen LogP contribution in [-0.4, -0.2) is 22.6 Å². The molecule has 0 spiro atoms. The number of nitrogens with two attached hydrogens (primary N) is 1. The van der Waals surface area contributed by atoms with Gasteiger partial charge in [0, 0.05) is 17.8 Å². The monoisotopic (exact) mass is 210 g/mol. The van der Waals surface area contributed by atoms with Crippen LogP contribution in [0.1, 0.15) is 11.1 Å². The molecular formula is C10H11FN2O2. The second-order valence-corrected chi connectivity index (χ2v) is 3.55. The van der Waals surface area contributed by atoms with Gasteiger partial charge in [-0.15, -0.1) is 0 Å². The maximum absolute atomic E-state index is 13.4. The van der Waals surface area contributed by atoms with Crippen molar-refractivity contribution < 1.29 is 14.3 Å². The van der Waals surface area contributed by atoms with Crippen molar-refractivity contribution >= 4 is 11.8 Å². The van der Waals surface area contributed by atoms with Crippen LogP contribution >= 0.6 is 0 Å². The third kappa shape index (κ3) is 1.60. The molecule has 0 saturated heterocycles. The Bertz CT molecular complexity index is 420.